The highest BCUT2D eigenvalue weighted by Crippen LogP contribution is 2.22. The minimum atomic E-state index is -0.195. The zero-order chi connectivity index (χ0) is 10.7. The van der Waals surface area contributed by atoms with Crippen LogP contribution in [-0.2, 0) is 0 Å². The van der Waals surface area contributed by atoms with Gasteiger partial charge in [0.1, 0.15) is 5.82 Å². The summed E-state index contributed by atoms with van der Waals surface area (Å²) in [6, 6.07) is 4.86. The fourth-order valence-corrected chi connectivity index (χ4v) is 1.51. The first-order valence-electron chi connectivity index (χ1n) is 4.67. The van der Waals surface area contributed by atoms with Crippen LogP contribution in [0.2, 0.25) is 0 Å². The average molecular weight is 230 g/mol. The van der Waals surface area contributed by atoms with Gasteiger partial charge >= 0.3 is 0 Å². The Morgan fingerprint density at radius 2 is 2.13 bits per heavy atom. The third-order valence-electron chi connectivity index (χ3n) is 2.28. The maximum Gasteiger partial charge on any atom is 0.126 e. The van der Waals surface area contributed by atoms with E-state index in [9.17, 15) is 4.39 Å². The molecule has 1 nitrogen and oxygen atoms in total. The molecule has 0 fully saturated rings. The van der Waals surface area contributed by atoms with E-state index in [2.05, 4.69) is 6.58 Å². The van der Waals surface area contributed by atoms with Crippen molar-refractivity contribution < 1.29 is 4.39 Å². The molecule has 0 radical (unpaired) electrons. The Morgan fingerprint density at radius 1 is 1.53 bits per heavy atom. The Morgan fingerprint density at radius 3 is 2.67 bits per heavy atom. The van der Waals surface area contributed by atoms with Crippen LogP contribution in [0.5, 0.6) is 0 Å². The van der Waals surface area contributed by atoms with Crippen LogP contribution < -0.4 is 5.73 Å². The summed E-state index contributed by atoms with van der Waals surface area (Å²) in [4.78, 5) is 0. The highest BCUT2D eigenvalue weighted by atomic mass is 35.5. The van der Waals surface area contributed by atoms with Crippen LogP contribution in [0.15, 0.2) is 30.4 Å². The number of hydrogen-bond acceptors (Lipinski definition) is 1. The molecule has 0 saturated heterocycles. The summed E-state index contributed by atoms with van der Waals surface area (Å²) in [5.41, 5.74) is 8.46. The first kappa shape index (κ1) is 14.1. The molecule has 0 heterocycles. The molecule has 84 valence electrons. The molecule has 0 saturated carbocycles. The molecule has 0 unspecified atom stereocenters. The lowest BCUT2D eigenvalue weighted by Gasteiger charge is -2.14. The van der Waals surface area contributed by atoms with Gasteiger partial charge in [-0.1, -0.05) is 17.7 Å². The number of nitrogens with two attached hydrogens (primary N) is 1. The molecule has 3 heteroatoms. The molecular formula is C12H17ClFN. The first-order valence-corrected chi connectivity index (χ1v) is 4.67. The zero-order valence-corrected chi connectivity index (χ0v) is 9.90. The van der Waals surface area contributed by atoms with Gasteiger partial charge in [0.25, 0.3) is 0 Å². The highest BCUT2D eigenvalue weighted by Gasteiger charge is 2.10. The van der Waals surface area contributed by atoms with Crippen molar-refractivity contribution in [2.24, 2.45) is 5.73 Å². The fourth-order valence-electron chi connectivity index (χ4n) is 1.51. The third kappa shape index (κ3) is 3.65. The van der Waals surface area contributed by atoms with E-state index in [-0.39, 0.29) is 24.3 Å². The van der Waals surface area contributed by atoms with Crippen molar-refractivity contribution in [1.82, 2.24) is 0 Å². The summed E-state index contributed by atoms with van der Waals surface area (Å²) in [6.45, 7) is 7.48. The second-order valence-corrected chi connectivity index (χ2v) is 3.72. The summed E-state index contributed by atoms with van der Waals surface area (Å²) in [7, 11) is 0. The van der Waals surface area contributed by atoms with E-state index in [4.69, 9.17) is 5.73 Å². The van der Waals surface area contributed by atoms with Crippen molar-refractivity contribution in [1.29, 1.82) is 0 Å². The minimum Gasteiger partial charge on any atom is -0.324 e. The Hall–Kier alpha value is -0.860. The van der Waals surface area contributed by atoms with E-state index in [1.165, 1.54) is 6.07 Å². The summed E-state index contributed by atoms with van der Waals surface area (Å²) < 4.78 is 13.2. The fraction of sp³-hybridized carbons (Fsp3) is 0.333. The van der Waals surface area contributed by atoms with Crippen LogP contribution in [0, 0.1) is 12.7 Å². The van der Waals surface area contributed by atoms with Crippen molar-refractivity contribution in [2.45, 2.75) is 26.3 Å². The standard InChI is InChI=1S/C12H16FN.ClH/c1-8(2)7-12(14)10-5-4-6-11(13)9(10)3;/h4-6,12H,1,7,14H2,2-3H3;1H/t12-;/m0./s1. The lowest BCUT2D eigenvalue weighted by molar-refractivity contribution is 0.606. The predicted octanol–water partition coefficient (Wildman–Crippen LogP) is 3.52. The van der Waals surface area contributed by atoms with Crippen LogP contribution in [-0.4, -0.2) is 0 Å². The van der Waals surface area contributed by atoms with Crippen LogP contribution in [0.4, 0.5) is 4.39 Å². The molecule has 15 heavy (non-hydrogen) atoms. The molecule has 1 aromatic carbocycles. The minimum absolute atomic E-state index is 0. The molecule has 1 atom stereocenters. The van der Waals surface area contributed by atoms with E-state index >= 15 is 0 Å². The summed E-state index contributed by atoms with van der Waals surface area (Å²) >= 11 is 0. The molecule has 0 spiro atoms. The third-order valence-corrected chi connectivity index (χ3v) is 2.28. The Bertz CT molecular complexity index is 349. The van der Waals surface area contributed by atoms with Crippen molar-refractivity contribution in [3.8, 4) is 0 Å². The lowest BCUT2D eigenvalue weighted by Crippen LogP contribution is -2.12. The first-order chi connectivity index (χ1) is 6.52. The molecule has 1 rings (SSSR count). The molecule has 0 aliphatic carbocycles. The average Bonchev–Trinajstić information content (AvgIpc) is 2.08. The Kier molecular flexibility index (Phi) is 5.55. The van der Waals surface area contributed by atoms with Crippen molar-refractivity contribution in [3.63, 3.8) is 0 Å². The topological polar surface area (TPSA) is 26.0 Å². The van der Waals surface area contributed by atoms with E-state index in [0.29, 0.717) is 12.0 Å². The number of rotatable bonds is 3. The van der Waals surface area contributed by atoms with Crippen LogP contribution in [0.3, 0.4) is 0 Å². The monoisotopic (exact) mass is 229 g/mol. The molecule has 0 aromatic heterocycles. The Balaban J connectivity index is 0.00000196. The predicted molar refractivity (Wildman–Crippen MR) is 64.7 cm³/mol. The van der Waals surface area contributed by atoms with Gasteiger partial charge in [0.2, 0.25) is 0 Å². The molecule has 0 bridgehead atoms. The summed E-state index contributed by atoms with van der Waals surface area (Å²) in [5.74, 6) is -0.195. The maximum absolute atomic E-state index is 13.2. The summed E-state index contributed by atoms with van der Waals surface area (Å²) in [6.07, 6.45) is 0.699. The van der Waals surface area contributed by atoms with Gasteiger partial charge in [-0.3, -0.25) is 0 Å². The largest absolute Gasteiger partial charge is 0.324 e. The second-order valence-electron chi connectivity index (χ2n) is 3.72. The van der Waals surface area contributed by atoms with E-state index in [1.807, 2.05) is 13.0 Å². The van der Waals surface area contributed by atoms with Crippen molar-refractivity contribution in [2.75, 3.05) is 0 Å². The smallest absolute Gasteiger partial charge is 0.126 e. The van der Waals surface area contributed by atoms with Gasteiger partial charge in [-0.2, -0.15) is 0 Å². The molecule has 0 aliphatic heterocycles. The van der Waals surface area contributed by atoms with Crippen LogP contribution in [0.25, 0.3) is 0 Å². The van der Waals surface area contributed by atoms with Gasteiger partial charge in [0, 0.05) is 6.04 Å². The molecule has 2 N–H and O–H groups in total. The van der Waals surface area contributed by atoms with Gasteiger partial charge in [-0.05, 0) is 37.5 Å². The molecule has 0 amide bonds. The number of benzene rings is 1. The molecule has 1 aromatic rings. The van der Waals surface area contributed by atoms with Gasteiger partial charge in [-0.15, -0.1) is 19.0 Å². The van der Waals surface area contributed by atoms with Crippen molar-refractivity contribution >= 4 is 12.4 Å². The normalized spacial score (nSPS) is 11.7. The lowest BCUT2D eigenvalue weighted by atomic mass is 9.97. The van der Waals surface area contributed by atoms with Gasteiger partial charge < -0.3 is 5.73 Å². The maximum atomic E-state index is 13.2. The van der Waals surface area contributed by atoms with Crippen molar-refractivity contribution in [3.05, 3.63) is 47.3 Å². The van der Waals surface area contributed by atoms with E-state index in [1.54, 1.807) is 13.0 Å². The Labute approximate surface area is 96.6 Å². The van der Waals surface area contributed by atoms with Gasteiger partial charge in [0.15, 0.2) is 0 Å². The van der Waals surface area contributed by atoms with E-state index < -0.39 is 0 Å². The van der Waals surface area contributed by atoms with Crippen LogP contribution in [0.1, 0.15) is 30.5 Å². The number of halogens is 2. The van der Waals surface area contributed by atoms with Crippen LogP contribution >= 0.6 is 12.4 Å². The molecule has 0 aliphatic rings. The van der Waals surface area contributed by atoms with Gasteiger partial charge in [-0.25, -0.2) is 4.39 Å². The zero-order valence-electron chi connectivity index (χ0n) is 9.09. The SMILES string of the molecule is C=C(C)C[C@H](N)c1cccc(F)c1C.Cl. The van der Waals surface area contributed by atoms with Gasteiger partial charge in [0.05, 0.1) is 0 Å². The number of hydrogen-bond donors (Lipinski definition) is 1. The quantitative estimate of drug-likeness (QED) is 0.789. The highest BCUT2D eigenvalue weighted by molar-refractivity contribution is 5.85. The summed E-state index contributed by atoms with van der Waals surface area (Å²) in [5, 5.41) is 0. The molecular weight excluding hydrogens is 213 g/mol. The second kappa shape index (κ2) is 5.89. The van der Waals surface area contributed by atoms with E-state index in [0.717, 1.165) is 11.1 Å².